The van der Waals surface area contributed by atoms with E-state index in [0.717, 1.165) is 4.68 Å². The lowest BCUT2D eigenvalue weighted by atomic mass is 10.3. The monoisotopic (exact) mass is 343 g/mol. The molecule has 3 rings (SSSR count). The molecular formula is C16H17N5O4. The van der Waals surface area contributed by atoms with Crippen LogP contribution in [0.1, 0.15) is 27.4 Å². The topological polar surface area (TPSA) is 120 Å². The van der Waals surface area contributed by atoms with E-state index in [9.17, 15) is 14.4 Å². The van der Waals surface area contributed by atoms with Crippen molar-refractivity contribution in [1.29, 1.82) is 0 Å². The standard InChI is InChI=1S/C16H17N5O4/c1-20-14(22)3-2-12(19-20)16(24)21-7-5-11(9-21)25-10-4-6-18-13(8-10)15(17)23/h2-4,6,8,11H,5,7,9H2,1H3,(H2,17,23)/t11-/m0/s1. The van der Waals surface area contributed by atoms with Gasteiger partial charge in [0.2, 0.25) is 0 Å². The maximum Gasteiger partial charge on any atom is 0.274 e. The Balaban J connectivity index is 1.66. The van der Waals surface area contributed by atoms with Crippen LogP contribution < -0.4 is 16.0 Å². The van der Waals surface area contributed by atoms with Crippen LogP contribution in [0, 0.1) is 0 Å². The molecule has 130 valence electrons. The molecule has 0 saturated carbocycles. The second-order valence-corrected chi connectivity index (χ2v) is 5.70. The van der Waals surface area contributed by atoms with Gasteiger partial charge < -0.3 is 15.4 Å². The third-order valence-corrected chi connectivity index (χ3v) is 3.90. The Morgan fingerprint density at radius 1 is 1.28 bits per heavy atom. The van der Waals surface area contributed by atoms with Gasteiger partial charge in [0.15, 0.2) is 0 Å². The molecule has 0 radical (unpaired) electrons. The second-order valence-electron chi connectivity index (χ2n) is 5.70. The number of primary amides is 1. The van der Waals surface area contributed by atoms with Gasteiger partial charge in [-0.1, -0.05) is 0 Å². The maximum absolute atomic E-state index is 12.5. The van der Waals surface area contributed by atoms with Gasteiger partial charge in [-0.2, -0.15) is 5.10 Å². The molecule has 1 aliphatic rings. The molecule has 0 aliphatic carbocycles. The Morgan fingerprint density at radius 2 is 2.08 bits per heavy atom. The largest absolute Gasteiger partial charge is 0.488 e. The van der Waals surface area contributed by atoms with Crippen LogP contribution in [0.25, 0.3) is 0 Å². The summed E-state index contributed by atoms with van der Waals surface area (Å²) >= 11 is 0. The molecule has 0 unspecified atom stereocenters. The summed E-state index contributed by atoms with van der Waals surface area (Å²) in [7, 11) is 1.49. The van der Waals surface area contributed by atoms with Gasteiger partial charge in [-0.15, -0.1) is 0 Å². The van der Waals surface area contributed by atoms with E-state index >= 15 is 0 Å². The fourth-order valence-electron chi connectivity index (χ4n) is 2.60. The van der Waals surface area contributed by atoms with Crippen LogP contribution in [-0.4, -0.2) is 50.7 Å². The zero-order chi connectivity index (χ0) is 18.0. The van der Waals surface area contributed by atoms with Crippen molar-refractivity contribution in [2.24, 2.45) is 12.8 Å². The van der Waals surface area contributed by atoms with Crippen molar-refractivity contribution in [2.45, 2.75) is 12.5 Å². The van der Waals surface area contributed by atoms with Gasteiger partial charge in [-0.05, 0) is 12.1 Å². The molecule has 3 heterocycles. The minimum Gasteiger partial charge on any atom is -0.488 e. The summed E-state index contributed by atoms with van der Waals surface area (Å²) in [6.07, 6.45) is 1.88. The maximum atomic E-state index is 12.5. The van der Waals surface area contributed by atoms with E-state index < -0.39 is 5.91 Å². The van der Waals surface area contributed by atoms with Gasteiger partial charge in [0.1, 0.15) is 23.2 Å². The minimum atomic E-state index is -0.630. The molecule has 2 aromatic rings. The lowest BCUT2D eigenvalue weighted by Gasteiger charge is -2.17. The second kappa shape index (κ2) is 6.71. The van der Waals surface area contributed by atoms with Crippen LogP contribution >= 0.6 is 0 Å². The number of hydrogen-bond acceptors (Lipinski definition) is 6. The molecule has 2 N–H and O–H groups in total. The number of nitrogens with two attached hydrogens (primary N) is 1. The van der Waals surface area contributed by atoms with Crippen molar-refractivity contribution in [3.8, 4) is 5.75 Å². The summed E-state index contributed by atoms with van der Waals surface area (Å²) < 4.78 is 6.93. The Bertz CT molecular complexity index is 879. The lowest BCUT2D eigenvalue weighted by molar-refractivity contribution is 0.0764. The van der Waals surface area contributed by atoms with Crippen molar-refractivity contribution in [3.63, 3.8) is 0 Å². The van der Waals surface area contributed by atoms with Gasteiger partial charge in [0, 0.05) is 38.3 Å². The Hall–Kier alpha value is -3.23. The molecule has 25 heavy (non-hydrogen) atoms. The summed E-state index contributed by atoms with van der Waals surface area (Å²) in [6, 6.07) is 5.83. The molecule has 1 saturated heterocycles. The number of likely N-dealkylation sites (tertiary alicyclic amines) is 1. The molecular weight excluding hydrogens is 326 g/mol. The highest BCUT2D eigenvalue weighted by atomic mass is 16.5. The molecule has 1 atom stereocenters. The predicted molar refractivity (Wildman–Crippen MR) is 87.2 cm³/mol. The van der Waals surface area contributed by atoms with Crippen molar-refractivity contribution >= 4 is 11.8 Å². The zero-order valence-corrected chi connectivity index (χ0v) is 13.6. The number of aromatic nitrogens is 3. The highest BCUT2D eigenvalue weighted by molar-refractivity contribution is 5.92. The highest BCUT2D eigenvalue weighted by Crippen LogP contribution is 2.19. The first-order valence-electron chi connectivity index (χ1n) is 7.70. The van der Waals surface area contributed by atoms with E-state index in [1.54, 1.807) is 11.0 Å². The summed E-state index contributed by atoms with van der Waals surface area (Å²) in [5.74, 6) is -0.410. The van der Waals surface area contributed by atoms with Gasteiger partial charge in [-0.3, -0.25) is 19.4 Å². The number of rotatable bonds is 4. The first-order chi connectivity index (χ1) is 11.9. The van der Waals surface area contributed by atoms with E-state index in [2.05, 4.69) is 10.1 Å². The Labute approximate surface area is 143 Å². The number of carbonyl (C=O) groups excluding carboxylic acids is 2. The van der Waals surface area contributed by atoms with E-state index in [0.29, 0.717) is 25.3 Å². The van der Waals surface area contributed by atoms with Crippen LogP contribution in [0.3, 0.4) is 0 Å². The predicted octanol–water partition coefficient (Wildman–Crippen LogP) is -0.432. The number of nitrogens with zero attached hydrogens (tertiary/aromatic N) is 4. The van der Waals surface area contributed by atoms with E-state index in [-0.39, 0.29) is 29.0 Å². The third kappa shape index (κ3) is 3.65. The van der Waals surface area contributed by atoms with Crippen molar-refractivity contribution in [2.75, 3.05) is 13.1 Å². The average molecular weight is 343 g/mol. The number of ether oxygens (including phenoxy) is 1. The zero-order valence-electron chi connectivity index (χ0n) is 13.6. The van der Waals surface area contributed by atoms with Crippen molar-refractivity contribution < 1.29 is 14.3 Å². The molecule has 2 amide bonds. The Kier molecular flexibility index (Phi) is 4.46. The average Bonchev–Trinajstić information content (AvgIpc) is 3.05. The van der Waals surface area contributed by atoms with Crippen LogP contribution in [-0.2, 0) is 7.05 Å². The summed E-state index contributed by atoms with van der Waals surface area (Å²) in [4.78, 5) is 40.5. The normalized spacial score (nSPS) is 16.7. The molecule has 0 spiro atoms. The quantitative estimate of drug-likeness (QED) is 0.804. The molecule has 1 fully saturated rings. The number of hydrogen-bond donors (Lipinski definition) is 1. The molecule has 0 aromatic carbocycles. The fourth-order valence-corrected chi connectivity index (χ4v) is 2.60. The number of pyridine rings is 1. The van der Waals surface area contributed by atoms with Gasteiger partial charge in [0.05, 0.1) is 6.54 Å². The van der Waals surface area contributed by atoms with E-state index in [1.807, 2.05) is 0 Å². The number of amides is 2. The van der Waals surface area contributed by atoms with E-state index in [4.69, 9.17) is 10.5 Å². The number of carbonyl (C=O) groups is 2. The van der Waals surface area contributed by atoms with Crippen LogP contribution in [0.5, 0.6) is 5.75 Å². The summed E-state index contributed by atoms with van der Waals surface area (Å²) in [5, 5.41) is 3.97. The first kappa shape index (κ1) is 16.6. The third-order valence-electron chi connectivity index (χ3n) is 3.90. The molecule has 0 bridgehead atoms. The summed E-state index contributed by atoms with van der Waals surface area (Å²) in [6.45, 7) is 0.902. The van der Waals surface area contributed by atoms with Gasteiger partial charge in [-0.25, -0.2) is 4.68 Å². The lowest BCUT2D eigenvalue weighted by Crippen LogP contribution is -2.33. The highest BCUT2D eigenvalue weighted by Gasteiger charge is 2.29. The smallest absolute Gasteiger partial charge is 0.274 e. The van der Waals surface area contributed by atoms with Crippen molar-refractivity contribution in [1.82, 2.24) is 19.7 Å². The van der Waals surface area contributed by atoms with Crippen LogP contribution in [0.15, 0.2) is 35.3 Å². The van der Waals surface area contributed by atoms with Crippen molar-refractivity contribution in [3.05, 3.63) is 52.2 Å². The van der Waals surface area contributed by atoms with E-state index in [1.165, 1.54) is 31.4 Å². The van der Waals surface area contributed by atoms with Crippen LogP contribution in [0.2, 0.25) is 0 Å². The van der Waals surface area contributed by atoms with Crippen LogP contribution in [0.4, 0.5) is 0 Å². The molecule has 9 heteroatoms. The fraction of sp³-hybridized carbons (Fsp3) is 0.312. The minimum absolute atomic E-state index is 0.123. The van der Waals surface area contributed by atoms with Gasteiger partial charge in [0.25, 0.3) is 17.4 Å². The molecule has 1 aliphatic heterocycles. The Morgan fingerprint density at radius 3 is 2.80 bits per heavy atom. The molecule has 2 aromatic heterocycles. The van der Waals surface area contributed by atoms with Gasteiger partial charge >= 0.3 is 0 Å². The summed E-state index contributed by atoms with van der Waals surface area (Å²) in [5.41, 5.74) is 5.26. The first-order valence-corrected chi connectivity index (χ1v) is 7.70. The number of aryl methyl sites for hydroxylation is 1. The molecule has 9 nitrogen and oxygen atoms in total. The SMILES string of the molecule is Cn1nc(C(=O)N2CC[C@H](Oc3ccnc(C(N)=O)c3)C2)ccc1=O.